The third kappa shape index (κ3) is 4.43. The van der Waals surface area contributed by atoms with E-state index >= 15 is 0 Å². The Balaban J connectivity index is 1.53. The van der Waals surface area contributed by atoms with Gasteiger partial charge in [0, 0.05) is 65.1 Å². The fourth-order valence-electron chi connectivity index (χ4n) is 4.25. The van der Waals surface area contributed by atoms with Crippen molar-refractivity contribution in [3.8, 4) is 0 Å². The molecule has 1 aromatic carbocycles. The lowest BCUT2D eigenvalue weighted by Gasteiger charge is -2.31. The summed E-state index contributed by atoms with van der Waals surface area (Å²) in [5.41, 5.74) is 0.894. The van der Waals surface area contributed by atoms with Crippen LogP contribution >= 0.6 is 0 Å². The number of hydrogen-bond donors (Lipinski definition) is 0. The second-order valence-electron chi connectivity index (χ2n) is 8.57. The first-order valence-electron chi connectivity index (χ1n) is 10.6. The number of rotatable bonds is 5. The van der Waals surface area contributed by atoms with E-state index in [1.807, 2.05) is 38.2 Å². The molecule has 166 valence electrons. The van der Waals surface area contributed by atoms with Gasteiger partial charge >= 0.3 is 0 Å². The van der Waals surface area contributed by atoms with E-state index in [1.165, 1.54) is 0 Å². The summed E-state index contributed by atoms with van der Waals surface area (Å²) in [4.78, 5) is 25.7. The molecule has 0 N–H and O–H groups in total. The largest absolute Gasteiger partial charge is 0.363 e. The van der Waals surface area contributed by atoms with Crippen LogP contribution in [0, 0.1) is 0 Å². The Morgan fingerprint density at radius 2 is 1.71 bits per heavy atom. The van der Waals surface area contributed by atoms with Crippen molar-refractivity contribution in [3.63, 3.8) is 0 Å². The number of sulfonamides is 1. The first-order chi connectivity index (χ1) is 14.8. The van der Waals surface area contributed by atoms with Gasteiger partial charge in [-0.15, -0.1) is 0 Å². The molecule has 4 rings (SSSR count). The zero-order valence-corrected chi connectivity index (χ0v) is 19.0. The van der Waals surface area contributed by atoms with Crippen LogP contribution in [-0.4, -0.2) is 74.3 Å². The van der Waals surface area contributed by atoms with Crippen molar-refractivity contribution in [1.82, 2.24) is 19.2 Å². The van der Waals surface area contributed by atoms with E-state index in [0.29, 0.717) is 43.8 Å². The monoisotopic (exact) mass is 443 g/mol. The van der Waals surface area contributed by atoms with Crippen molar-refractivity contribution in [1.29, 1.82) is 0 Å². The van der Waals surface area contributed by atoms with Crippen molar-refractivity contribution in [2.24, 2.45) is 0 Å². The highest BCUT2D eigenvalue weighted by atomic mass is 32.2. The highest BCUT2D eigenvalue weighted by Gasteiger charge is 2.33. The van der Waals surface area contributed by atoms with Crippen LogP contribution in [0.1, 0.15) is 42.6 Å². The molecule has 0 saturated carbocycles. The number of aromatic nitrogens is 2. The molecule has 2 aliphatic heterocycles. The molecule has 1 amide bonds. The Hall–Kier alpha value is -2.52. The quantitative estimate of drug-likeness (QED) is 0.703. The summed E-state index contributed by atoms with van der Waals surface area (Å²) >= 11 is 0. The van der Waals surface area contributed by atoms with Crippen LogP contribution in [0.25, 0.3) is 0 Å². The number of carbonyl (C=O) groups excluding carboxylic acids is 1. The molecule has 0 radical (unpaired) electrons. The highest BCUT2D eigenvalue weighted by molar-refractivity contribution is 7.89. The first-order valence-corrected chi connectivity index (χ1v) is 12.0. The van der Waals surface area contributed by atoms with Gasteiger partial charge in [0.15, 0.2) is 0 Å². The van der Waals surface area contributed by atoms with Gasteiger partial charge in [-0.1, -0.05) is 18.2 Å². The maximum absolute atomic E-state index is 12.9. The molecule has 0 spiro atoms. The number of likely N-dealkylation sites (N-methyl/N-ethyl adjacent to an activating group) is 1. The number of piperidine rings is 1. The van der Waals surface area contributed by atoms with Crippen molar-refractivity contribution in [2.45, 2.75) is 36.0 Å². The Kier molecular flexibility index (Phi) is 5.98. The van der Waals surface area contributed by atoms with Gasteiger partial charge in [0.1, 0.15) is 11.6 Å². The van der Waals surface area contributed by atoms with E-state index in [2.05, 4.69) is 0 Å². The second kappa shape index (κ2) is 8.55. The fourth-order valence-corrected chi connectivity index (χ4v) is 5.74. The van der Waals surface area contributed by atoms with Crippen LogP contribution < -0.4 is 4.90 Å². The van der Waals surface area contributed by atoms with Gasteiger partial charge in [-0.05, 0) is 25.0 Å². The smallest absolute Gasteiger partial charge is 0.243 e. The summed E-state index contributed by atoms with van der Waals surface area (Å²) in [7, 11) is 2.22. The van der Waals surface area contributed by atoms with Crippen molar-refractivity contribution in [2.75, 3.05) is 45.7 Å². The maximum Gasteiger partial charge on any atom is 0.243 e. The van der Waals surface area contributed by atoms with Crippen molar-refractivity contribution in [3.05, 3.63) is 47.9 Å². The summed E-state index contributed by atoms with van der Waals surface area (Å²) < 4.78 is 27.4. The predicted molar refractivity (Wildman–Crippen MR) is 119 cm³/mol. The molecule has 0 aliphatic carbocycles. The molecule has 2 fully saturated rings. The van der Waals surface area contributed by atoms with E-state index < -0.39 is 10.0 Å². The summed E-state index contributed by atoms with van der Waals surface area (Å²) in [6.07, 6.45) is 1.81. The Morgan fingerprint density at radius 1 is 1.03 bits per heavy atom. The molecule has 9 heteroatoms. The van der Waals surface area contributed by atoms with Gasteiger partial charge in [-0.2, -0.15) is 4.31 Å². The van der Waals surface area contributed by atoms with E-state index in [0.717, 1.165) is 17.3 Å². The van der Waals surface area contributed by atoms with Crippen LogP contribution in [0.5, 0.6) is 0 Å². The molecule has 3 heterocycles. The van der Waals surface area contributed by atoms with E-state index in [-0.39, 0.29) is 17.7 Å². The Labute approximate surface area is 183 Å². The normalized spacial score (nSPS) is 20.9. The van der Waals surface area contributed by atoms with Crippen LogP contribution in [0.15, 0.2) is 41.3 Å². The molecular weight excluding hydrogens is 414 g/mol. The molecular formula is C22H29N5O3S. The predicted octanol–water partition coefficient (Wildman–Crippen LogP) is 2.06. The molecule has 0 bridgehead atoms. The van der Waals surface area contributed by atoms with Gasteiger partial charge < -0.3 is 9.80 Å². The van der Waals surface area contributed by atoms with Crippen molar-refractivity contribution < 1.29 is 13.2 Å². The summed E-state index contributed by atoms with van der Waals surface area (Å²) in [5.74, 6) is 1.87. The van der Waals surface area contributed by atoms with Gasteiger partial charge in [0.25, 0.3) is 0 Å². The van der Waals surface area contributed by atoms with Gasteiger partial charge in [0.2, 0.25) is 15.9 Å². The Bertz CT molecular complexity index is 1050. The first kappa shape index (κ1) is 21.7. The molecule has 2 aliphatic rings. The van der Waals surface area contributed by atoms with Gasteiger partial charge in [-0.25, -0.2) is 18.4 Å². The van der Waals surface area contributed by atoms with E-state index in [4.69, 9.17) is 9.97 Å². The lowest BCUT2D eigenvalue weighted by atomic mass is 9.96. The Morgan fingerprint density at radius 3 is 2.29 bits per heavy atom. The zero-order chi connectivity index (χ0) is 22.2. The minimum atomic E-state index is -3.48. The van der Waals surface area contributed by atoms with Crippen LogP contribution in [0.4, 0.5) is 5.82 Å². The highest BCUT2D eigenvalue weighted by Crippen LogP contribution is 2.33. The van der Waals surface area contributed by atoms with Crippen LogP contribution in [-0.2, 0) is 14.8 Å². The number of anilines is 1. The topological polar surface area (TPSA) is 86.7 Å². The average Bonchev–Trinajstić information content (AvgIpc) is 3.12. The van der Waals surface area contributed by atoms with Gasteiger partial charge in [0.05, 0.1) is 10.6 Å². The summed E-state index contributed by atoms with van der Waals surface area (Å²) in [6, 6.07) is 10.5. The minimum absolute atomic E-state index is 0.0662. The number of benzene rings is 1. The molecule has 1 aromatic heterocycles. The van der Waals surface area contributed by atoms with Gasteiger partial charge in [-0.3, -0.25) is 4.79 Å². The number of carbonyl (C=O) groups is 1. The number of amides is 1. The SMILES string of the molecule is CN1C[C@@H](c2cc(N(C)C)nc(C3CCN(S(=O)(=O)c4ccccc4)CC3)n2)CC1=O. The maximum atomic E-state index is 12.9. The number of likely N-dealkylation sites (tertiary alicyclic amines) is 1. The molecule has 2 aromatic rings. The second-order valence-corrected chi connectivity index (χ2v) is 10.5. The lowest BCUT2D eigenvalue weighted by Crippen LogP contribution is -2.38. The molecule has 8 nitrogen and oxygen atoms in total. The number of nitrogens with zero attached hydrogens (tertiary/aromatic N) is 5. The minimum Gasteiger partial charge on any atom is -0.363 e. The summed E-state index contributed by atoms with van der Waals surface area (Å²) in [6.45, 7) is 1.55. The van der Waals surface area contributed by atoms with Crippen LogP contribution in [0.2, 0.25) is 0 Å². The molecule has 0 unspecified atom stereocenters. The van der Waals surface area contributed by atoms with E-state index in [9.17, 15) is 13.2 Å². The molecule has 2 saturated heterocycles. The number of hydrogen-bond acceptors (Lipinski definition) is 6. The fraction of sp³-hybridized carbons (Fsp3) is 0.500. The lowest BCUT2D eigenvalue weighted by molar-refractivity contribution is -0.126. The van der Waals surface area contributed by atoms with Crippen molar-refractivity contribution >= 4 is 21.7 Å². The van der Waals surface area contributed by atoms with E-state index in [1.54, 1.807) is 33.5 Å². The third-order valence-electron chi connectivity index (χ3n) is 6.17. The molecule has 1 atom stereocenters. The third-order valence-corrected chi connectivity index (χ3v) is 8.08. The molecule has 31 heavy (non-hydrogen) atoms. The average molecular weight is 444 g/mol. The standard InChI is InChI=1S/C22H29N5O3S/c1-25(2)20-14-19(17-13-21(28)26(3)15-17)23-22(24-20)16-9-11-27(12-10-16)31(29,30)18-7-5-4-6-8-18/h4-8,14,16-17H,9-13,15H2,1-3H3/t17-/m0/s1. The zero-order valence-electron chi connectivity index (χ0n) is 18.2. The van der Waals surface area contributed by atoms with Crippen LogP contribution in [0.3, 0.4) is 0 Å². The summed E-state index contributed by atoms with van der Waals surface area (Å²) in [5, 5.41) is 0.